The summed E-state index contributed by atoms with van der Waals surface area (Å²) in [5, 5.41) is 15.1. The van der Waals surface area contributed by atoms with Crippen molar-refractivity contribution in [3.05, 3.63) is 47.1 Å². The number of hydrogen-bond acceptors (Lipinski definition) is 5. The molecule has 27 heavy (non-hydrogen) atoms. The highest BCUT2D eigenvalue weighted by molar-refractivity contribution is 6.34. The lowest BCUT2D eigenvalue weighted by Crippen LogP contribution is -2.46. The minimum Gasteiger partial charge on any atom is -0.406 e. The second kappa shape index (κ2) is 8.01. The van der Waals surface area contributed by atoms with Crippen molar-refractivity contribution in [2.45, 2.75) is 6.36 Å². The summed E-state index contributed by atoms with van der Waals surface area (Å²) >= 11 is 6.30. The molecular weight excluding hydrogens is 383 g/mol. The third-order valence-corrected chi connectivity index (χ3v) is 4.24. The fourth-order valence-corrected chi connectivity index (χ4v) is 2.92. The molecule has 1 aliphatic heterocycles. The molecule has 2 heterocycles. The number of alkyl halides is 3. The topological polar surface area (TPSA) is 73.3 Å². The molecule has 0 radical (unpaired) electrons. The second-order valence-corrected chi connectivity index (χ2v) is 6.21. The average Bonchev–Trinajstić information content (AvgIpc) is 2.63. The monoisotopic (exact) mass is 399 g/mol. The van der Waals surface area contributed by atoms with E-state index < -0.39 is 6.36 Å². The molecule has 0 aliphatic carbocycles. The highest BCUT2D eigenvalue weighted by Crippen LogP contribution is 2.28. The lowest BCUT2D eigenvalue weighted by Gasteiger charge is -2.30. The maximum absolute atomic E-state index is 12.3. The summed E-state index contributed by atoms with van der Waals surface area (Å²) in [7, 11) is 0. The number of piperazine rings is 1. The van der Waals surface area contributed by atoms with E-state index in [-0.39, 0.29) is 11.6 Å². The van der Waals surface area contributed by atoms with Crippen molar-refractivity contribution in [3.63, 3.8) is 0 Å². The minimum atomic E-state index is -4.74. The normalized spacial score (nSPS) is 14.7. The smallest absolute Gasteiger partial charge is 0.406 e. The Hall–Kier alpha value is -2.52. The molecule has 10 heteroatoms. The maximum atomic E-state index is 12.3. The van der Waals surface area contributed by atoms with Gasteiger partial charge in [0.15, 0.2) is 0 Å². The van der Waals surface area contributed by atoms with Gasteiger partial charge in [0.1, 0.15) is 17.4 Å². The van der Waals surface area contributed by atoms with E-state index in [1.165, 1.54) is 30.5 Å². The molecule has 0 saturated carbocycles. The molecule has 0 spiro atoms. The fraction of sp³-hybridized carbons (Fsp3) is 0.294. The fourth-order valence-electron chi connectivity index (χ4n) is 2.68. The van der Waals surface area contributed by atoms with Crippen LogP contribution < -0.4 is 15.4 Å². The highest BCUT2D eigenvalue weighted by atomic mass is 35.5. The first-order chi connectivity index (χ1) is 12.8. The number of nitrogens with one attached hydrogen (secondary N) is 3. The summed E-state index contributed by atoms with van der Waals surface area (Å²) in [6, 6.07) is 6.85. The van der Waals surface area contributed by atoms with Crippen LogP contribution in [-0.2, 0) is 0 Å². The molecule has 144 valence electrons. The van der Waals surface area contributed by atoms with Crippen molar-refractivity contribution in [2.75, 3.05) is 31.5 Å². The lowest BCUT2D eigenvalue weighted by atomic mass is 10.2. The summed E-state index contributed by atoms with van der Waals surface area (Å²) in [5.41, 5.74) is 0.935. The number of aromatic nitrogens is 1. The summed E-state index contributed by atoms with van der Waals surface area (Å²) in [4.78, 5) is 6.14. The molecule has 3 rings (SSSR count). The zero-order valence-electron chi connectivity index (χ0n) is 14.1. The van der Waals surface area contributed by atoms with E-state index in [2.05, 4.69) is 20.4 Å². The molecule has 1 aromatic heterocycles. The van der Waals surface area contributed by atoms with E-state index >= 15 is 0 Å². The molecule has 1 aliphatic rings. The largest absolute Gasteiger partial charge is 0.573 e. The Morgan fingerprint density at radius 2 is 1.85 bits per heavy atom. The van der Waals surface area contributed by atoms with Crippen LogP contribution in [0.1, 0.15) is 5.56 Å². The molecule has 1 fully saturated rings. The predicted molar refractivity (Wildman–Crippen MR) is 96.9 cm³/mol. The Morgan fingerprint density at radius 3 is 2.48 bits per heavy atom. The number of hydrogen-bond donors (Lipinski definition) is 3. The first kappa shape index (κ1) is 19.2. The molecule has 0 amide bonds. The Labute approximate surface area is 158 Å². The number of benzene rings is 1. The lowest BCUT2D eigenvalue weighted by molar-refractivity contribution is -0.274. The molecule has 0 atom stereocenters. The SMILES string of the molecule is N=C(c1c(Cl)ccnc1Nc1ccc(OC(F)(F)F)cc1)N1CCNCC1. The van der Waals surface area contributed by atoms with Gasteiger partial charge in [0, 0.05) is 38.1 Å². The van der Waals surface area contributed by atoms with Crippen molar-refractivity contribution in [1.82, 2.24) is 15.2 Å². The molecule has 0 unspecified atom stereocenters. The van der Waals surface area contributed by atoms with Gasteiger partial charge in [0.05, 0.1) is 10.6 Å². The van der Waals surface area contributed by atoms with Crippen LogP contribution in [0.4, 0.5) is 24.7 Å². The molecule has 2 aromatic rings. The number of nitrogens with zero attached hydrogens (tertiary/aromatic N) is 2. The number of pyridine rings is 1. The van der Waals surface area contributed by atoms with Crippen molar-refractivity contribution in [2.24, 2.45) is 0 Å². The van der Waals surface area contributed by atoms with E-state index in [9.17, 15) is 13.2 Å². The van der Waals surface area contributed by atoms with Crippen molar-refractivity contribution >= 4 is 28.9 Å². The van der Waals surface area contributed by atoms with Gasteiger partial charge in [-0.05, 0) is 30.3 Å². The molecule has 6 nitrogen and oxygen atoms in total. The van der Waals surface area contributed by atoms with Crippen LogP contribution in [0.15, 0.2) is 36.5 Å². The number of ether oxygens (including phenoxy) is 1. The summed E-state index contributed by atoms with van der Waals surface area (Å²) in [6.07, 6.45) is -3.24. The van der Waals surface area contributed by atoms with Gasteiger partial charge in [-0.3, -0.25) is 5.41 Å². The van der Waals surface area contributed by atoms with Gasteiger partial charge < -0.3 is 20.3 Å². The zero-order valence-corrected chi connectivity index (χ0v) is 14.9. The first-order valence-corrected chi connectivity index (χ1v) is 8.53. The summed E-state index contributed by atoms with van der Waals surface area (Å²) in [5.74, 6) is 0.283. The number of anilines is 2. The van der Waals surface area contributed by atoms with E-state index in [0.717, 1.165) is 13.1 Å². The summed E-state index contributed by atoms with van der Waals surface area (Å²) in [6.45, 7) is 2.88. The van der Waals surface area contributed by atoms with Gasteiger partial charge in [-0.25, -0.2) is 4.98 Å². The van der Waals surface area contributed by atoms with Gasteiger partial charge >= 0.3 is 6.36 Å². The van der Waals surface area contributed by atoms with Crippen LogP contribution in [-0.4, -0.2) is 48.3 Å². The Balaban J connectivity index is 1.81. The highest BCUT2D eigenvalue weighted by Gasteiger charge is 2.31. The minimum absolute atomic E-state index is 0.245. The molecule has 1 saturated heterocycles. The van der Waals surface area contributed by atoms with Crippen LogP contribution >= 0.6 is 11.6 Å². The zero-order chi connectivity index (χ0) is 19.4. The van der Waals surface area contributed by atoms with Crippen molar-refractivity contribution < 1.29 is 17.9 Å². The van der Waals surface area contributed by atoms with Crippen LogP contribution in [0.2, 0.25) is 5.02 Å². The molecular formula is C17H17ClF3N5O. The Kier molecular flexibility index (Phi) is 5.71. The van der Waals surface area contributed by atoms with E-state index in [1.54, 1.807) is 6.07 Å². The van der Waals surface area contributed by atoms with Gasteiger partial charge in [0.2, 0.25) is 0 Å². The first-order valence-electron chi connectivity index (χ1n) is 8.15. The maximum Gasteiger partial charge on any atom is 0.573 e. The van der Waals surface area contributed by atoms with Crippen LogP contribution in [0, 0.1) is 5.41 Å². The van der Waals surface area contributed by atoms with Crippen LogP contribution in [0.3, 0.4) is 0 Å². The van der Waals surface area contributed by atoms with Crippen molar-refractivity contribution in [1.29, 1.82) is 5.41 Å². The van der Waals surface area contributed by atoms with Crippen LogP contribution in [0.5, 0.6) is 5.75 Å². The van der Waals surface area contributed by atoms with E-state index in [4.69, 9.17) is 17.0 Å². The third-order valence-electron chi connectivity index (χ3n) is 3.92. The molecule has 3 N–H and O–H groups in total. The molecule has 0 bridgehead atoms. The van der Waals surface area contributed by atoms with E-state index in [1.807, 2.05) is 4.90 Å². The Morgan fingerprint density at radius 1 is 1.19 bits per heavy atom. The predicted octanol–water partition coefficient (Wildman–Crippen LogP) is 3.61. The van der Waals surface area contributed by atoms with Gasteiger partial charge in [-0.1, -0.05) is 11.6 Å². The standard InChI is InChI=1S/C17H17ClF3N5O/c18-13-5-6-24-16(14(13)15(22)26-9-7-23-8-10-26)25-11-1-3-12(4-2-11)27-17(19,20)21/h1-6,22-23H,7-10H2,(H,24,25). The van der Waals surface area contributed by atoms with E-state index in [0.29, 0.717) is 35.2 Å². The van der Waals surface area contributed by atoms with Crippen molar-refractivity contribution in [3.8, 4) is 5.75 Å². The number of amidine groups is 1. The third kappa shape index (κ3) is 5.01. The van der Waals surface area contributed by atoms with Gasteiger partial charge in [-0.2, -0.15) is 0 Å². The average molecular weight is 400 g/mol. The molecule has 1 aromatic carbocycles. The van der Waals surface area contributed by atoms with Gasteiger partial charge in [-0.15, -0.1) is 13.2 Å². The van der Waals surface area contributed by atoms with Gasteiger partial charge in [0.25, 0.3) is 0 Å². The Bertz CT molecular complexity index is 807. The quantitative estimate of drug-likeness (QED) is 0.541. The summed E-state index contributed by atoms with van der Waals surface area (Å²) < 4.78 is 40.6. The number of rotatable bonds is 4. The number of halogens is 4. The second-order valence-electron chi connectivity index (χ2n) is 5.80. The van der Waals surface area contributed by atoms with Crippen LogP contribution in [0.25, 0.3) is 0 Å².